The van der Waals surface area contributed by atoms with Crippen LogP contribution in [0, 0.1) is 12.8 Å². The van der Waals surface area contributed by atoms with E-state index in [1.165, 1.54) is 0 Å². The van der Waals surface area contributed by atoms with Gasteiger partial charge in [0, 0.05) is 12.6 Å². The van der Waals surface area contributed by atoms with Crippen LogP contribution in [-0.2, 0) is 11.3 Å². The fourth-order valence-corrected chi connectivity index (χ4v) is 2.63. The Morgan fingerprint density at radius 2 is 2.05 bits per heavy atom. The van der Waals surface area contributed by atoms with E-state index < -0.39 is 11.9 Å². The summed E-state index contributed by atoms with van der Waals surface area (Å²) in [5.74, 6) is -1.29. The van der Waals surface area contributed by atoms with E-state index in [1.807, 2.05) is 31.2 Å². The van der Waals surface area contributed by atoms with Crippen LogP contribution in [0.15, 0.2) is 24.3 Å². The number of hydrogen-bond donors (Lipinski definition) is 3. The lowest BCUT2D eigenvalue weighted by molar-refractivity contribution is -0.142. The van der Waals surface area contributed by atoms with Gasteiger partial charge >= 0.3 is 12.0 Å². The number of benzene rings is 1. The van der Waals surface area contributed by atoms with Crippen molar-refractivity contribution in [3.63, 3.8) is 0 Å². The van der Waals surface area contributed by atoms with E-state index in [0.717, 1.165) is 24.0 Å². The van der Waals surface area contributed by atoms with Gasteiger partial charge in [0.1, 0.15) is 0 Å². The van der Waals surface area contributed by atoms with Crippen molar-refractivity contribution in [3.8, 4) is 0 Å². The molecule has 5 nitrogen and oxygen atoms in total. The van der Waals surface area contributed by atoms with Gasteiger partial charge in [-0.05, 0) is 30.9 Å². The van der Waals surface area contributed by atoms with Crippen molar-refractivity contribution in [2.24, 2.45) is 5.92 Å². The van der Waals surface area contributed by atoms with Crippen LogP contribution in [0.1, 0.15) is 30.4 Å². The maximum atomic E-state index is 11.8. The lowest BCUT2D eigenvalue weighted by atomic mass is 10.0. The molecule has 0 heterocycles. The molecule has 1 aliphatic carbocycles. The molecule has 0 aromatic heterocycles. The third-order valence-corrected chi connectivity index (χ3v) is 3.85. The zero-order valence-corrected chi connectivity index (χ0v) is 11.6. The number of carboxylic acid groups (broad SMARTS) is 1. The minimum atomic E-state index is -0.827. The third-order valence-electron chi connectivity index (χ3n) is 3.85. The highest BCUT2D eigenvalue weighted by molar-refractivity contribution is 5.77. The molecule has 0 bridgehead atoms. The lowest BCUT2D eigenvalue weighted by Gasteiger charge is -2.18. The molecule has 2 unspecified atom stereocenters. The first-order valence-corrected chi connectivity index (χ1v) is 6.89. The molecule has 2 atom stereocenters. The molecule has 3 N–H and O–H groups in total. The Kier molecular flexibility index (Phi) is 4.61. The van der Waals surface area contributed by atoms with Crippen LogP contribution in [0.25, 0.3) is 0 Å². The molecular formula is C15H20N2O3. The summed E-state index contributed by atoms with van der Waals surface area (Å²) in [5, 5.41) is 14.6. The molecule has 0 saturated heterocycles. The topological polar surface area (TPSA) is 78.4 Å². The SMILES string of the molecule is Cc1ccccc1CNC(=O)NC1CCCC1C(=O)O. The van der Waals surface area contributed by atoms with Gasteiger partial charge in [0.05, 0.1) is 5.92 Å². The fraction of sp³-hybridized carbons (Fsp3) is 0.467. The first-order chi connectivity index (χ1) is 9.58. The maximum Gasteiger partial charge on any atom is 0.315 e. The van der Waals surface area contributed by atoms with Gasteiger partial charge in [0.15, 0.2) is 0 Å². The molecule has 1 saturated carbocycles. The summed E-state index contributed by atoms with van der Waals surface area (Å²) in [6.07, 6.45) is 2.21. The fourth-order valence-electron chi connectivity index (χ4n) is 2.63. The number of carbonyl (C=O) groups excluding carboxylic acids is 1. The van der Waals surface area contributed by atoms with Crippen molar-refractivity contribution in [2.75, 3.05) is 0 Å². The standard InChI is InChI=1S/C15H20N2O3/c1-10-5-2-3-6-11(10)9-16-15(20)17-13-8-4-7-12(13)14(18)19/h2-3,5-6,12-13H,4,7-9H2,1H3,(H,18,19)(H2,16,17,20). The average molecular weight is 276 g/mol. The van der Waals surface area contributed by atoms with E-state index >= 15 is 0 Å². The molecule has 0 aliphatic heterocycles. The number of nitrogens with one attached hydrogen (secondary N) is 2. The molecule has 2 amide bonds. The van der Waals surface area contributed by atoms with Crippen LogP contribution in [0.3, 0.4) is 0 Å². The Labute approximate surface area is 118 Å². The summed E-state index contributed by atoms with van der Waals surface area (Å²) < 4.78 is 0. The molecule has 0 spiro atoms. The van der Waals surface area contributed by atoms with Crippen LogP contribution in [0.4, 0.5) is 4.79 Å². The van der Waals surface area contributed by atoms with E-state index in [4.69, 9.17) is 5.11 Å². The number of hydrogen-bond acceptors (Lipinski definition) is 2. The molecule has 1 aromatic carbocycles. The Morgan fingerprint density at radius 3 is 2.75 bits per heavy atom. The van der Waals surface area contributed by atoms with Crippen LogP contribution >= 0.6 is 0 Å². The van der Waals surface area contributed by atoms with Crippen molar-refractivity contribution in [1.29, 1.82) is 0 Å². The third kappa shape index (κ3) is 3.50. The first kappa shape index (κ1) is 14.4. The summed E-state index contributed by atoms with van der Waals surface area (Å²) in [7, 11) is 0. The molecule has 0 radical (unpaired) electrons. The van der Waals surface area contributed by atoms with E-state index in [-0.39, 0.29) is 12.1 Å². The second-order valence-corrected chi connectivity index (χ2v) is 5.24. The highest BCUT2D eigenvalue weighted by Crippen LogP contribution is 2.25. The predicted molar refractivity (Wildman–Crippen MR) is 75.3 cm³/mol. The van der Waals surface area contributed by atoms with Gasteiger partial charge in [-0.15, -0.1) is 0 Å². The zero-order valence-electron chi connectivity index (χ0n) is 11.6. The highest BCUT2D eigenvalue weighted by atomic mass is 16.4. The molecule has 1 aromatic rings. The summed E-state index contributed by atoms with van der Waals surface area (Å²) >= 11 is 0. The van der Waals surface area contributed by atoms with Crippen LogP contribution in [-0.4, -0.2) is 23.1 Å². The quantitative estimate of drug-likeness (QED) is 0.787. The number of rotatable bonds is 4. The van der Waals surface area contributed by atoms with E-state index in [2.05, 4.69) is 10.6 Å². The van der Waals surface area contributed by atoms with E-state index in [1.54, 1.807) is 0 Å². The summed E-state index contributed by atoms with van der Waals surface area (Å²) in [6.45, 7) is 2.44. The van der Waals surface area contributed by atoms with E-state index in [9.17, 15) is 9.59 Å². The van der Waals surface area contributed by atoms with Crippen molar-refractivity contribution < 1.29 is 14.7 Å². The van der Waals surface area contributed by atoms with Crippen LogP contribution < -0.4 is 10.6 Å². The summed E-state index contributed by atoms with van der Waals surface area (Å²) in [5.41, 5.74) is 2.18. The Hall–Kier alpha value is -2.04. The lowest BCUT2D eigenvalue weighted by Crippen LogP contribution is -2.45. The second kappa shape index (κ2) is 6.41. The number of carbonyl (C=O) groups is 2. The van der Waals surface area contributed by atoms with Crippen molar-refractivity contribution >= 4 is 12.0 Å². The van der Waals surface area contributed by atoms with Gasteiger partial charge in [-0.1, -0.05) is 30.7 Å². The largest absolute Gasteiger partial charge is 0.481 e. The minimum absolute atomic E-state index is 0.260. The number of urea groups is 1. The van der Waals surface area contributed by atoms with E-state index in [0.29, 0.717) is 13.0 Å². The summed E-state index contributed by atoms with van der Waals surface area (Å²) in [6, 6.07) is 7.28. The van der Waals surface area contributed by atoms with Gasteiger partial charge in [-0.25, -0.2) is 4.79 Å². The smallest absolute Gasteiger partial charge is 0.315 e. The van der Waals surface area contributed by atoms with Crippen molar-refractivity contribution in [3.05, 3.63) is 35.4 Å². The minimum Gasteiger partial charge on any atom is -0.481 e. The predicted octanol–water partition coefficient (Wildman–Crippen LogP) is 2.05. The second-order valence-electron chi connectivity index (χ2n) is 5.24. The molecule has 1 aliphatic rings. The van der Waals surface area contributed by atoms with Crippen LogP contribution in [0.5, 0.6) is 0 Å². The molecule has 20 heavy (non-hydrogen) atoms. The Morgan fingerprint density at radius 1 is 1.30 bits per heavy atom. The van der Waals surface area contributed by atoms with Gasteiger partial charge < -0.3 is 15.7 Å². The molecule has 1 fully saturated rings. The molecule has 108 valence electrons. The summed E-state index contributed by atoms with van der Waals surface area (Å²) in [4.78, 5) is 22.9. The molecule has 2 rings (SSSR count). The maximum absolute atomic E-state index is 11.8. The number of aryl methyl sites for hydroxylation is 1. The molecule has 5 heteroatoms. The van der Waals surface area contributed by atoms with Gasteiger partial charge in [0.25, 0.3) is 0 Å². The zero-order chi connectivity index (χ0) is 14.5. The monoisotopic (exact) mass is 276 g/mol. The normalized spacial score (nSPS) is 21.4. The Balaban J connectivity index is 1.84. The highest BCUT2D eigenvalue weighted by Gasteiger charge is 2.33. The Bertz CT molecular complexity index is 502. The van der Waals surface area contributed by atoms with Gasteiger partial charge in [-0.2, -0.15) is 0 Å². The van der Waals surface area contributed by atoms with Gasteiger partial charge in [-0.3, -0.25) is 4.79 Å². The first-order valence-electron chi connectivity index (χ1n) is 6.89. The van der Waals surface area contributed by atoms with Crippen LogP contribution in [0.2, 0.25) is 0 Å². The van der Waals surface area contributed by atoms with Crippen molar-refractivity contribution in [2.45, 2.75) is 38.8 Å². The van der Waals surface area contributed by atoms with Gasteiger partial charge in [0.2, 0.25) is 0 Å². The number of amides is 2. The van der Waals surface area contributed by atoms with Crippen molar-refractivity contribution in [1.82, 2.24) is 10.6 Å². The number of aliphatic carboxylic acids is 1. The average Bonchev–Trinajstić information content (AvgIpc) is 2.86. The molecular weight excluding hydrogens is 256 g/mol. The number of carboxylic acids is 1.